The number of anilines is 5. The van der Waals surface area contributed by atoms with Crippen molar-refractivity contribution in [2.45, 2.75) is 10.8 Å². The molecule has 16 rings (SSSR count). The number of rotatable bonds is 9. The zero-order valence-corrected chi connectivity index (χ0v) is 46.2. The third-order valence-electron chi connectivity index (χ3n) is 18.0. The van der Waals surface area contributed by atoms with E-state index in [1.54, 1.807) is 0 Å². The van der Waals surface area contributed by atoms with Gasteiger partial charge in [-0.25, -0.2) is 0 Å². The van der Waals surface area contributed by atoms with Crippen LogP contribution in [-0.2, 0) is 10.8 Å². The van der Waals surface area contributed by atoms with Crippen LogP contribution in [0, 0.1) is 0 Å². The normalized spacial score (nSPS) is 13.5. The maximum Gasteiger partial charge on any atom is 0.0742 e. The topological polar surface area (TPSA) is 15.3 Å². The van der Waals surface area contributed by atoms with Gasteiger partial charge >= 0.3 is 0 Å². The maximum atomic E-state index is 4.10. The van der Waals surface area contributed by atoms with E-state index in [1.807, 2.05) is 0 Å². The van der Waals surface area contributed by atoms with Crippen molar-refractivity contribution in [1.29, 1.82) is 0 Å². The van der Waals surface area contributed by atoms with Gasteiger partial charge in [-0.05, 0) is 130 Å². The molecule has 2 heteroatoms. The van der Waals surface area contributed by atoms with Gasteiger partial charge in [-0.3, -0.25) is 0 Å². The average Bonchev–Trinajstić information content (AvgIpc) is 0.784. The predicted molar refractivity (Wildman–Crippen MR) is 351 cm³/mol. The Morgan fingerprint density at radius 2 is 0.667 bits per heavy atom. The second-order valence-corrected chi connectivity index (χ2v) is 22.2. The highest BCUT2D eigenvalue weighted by molar-refractivity contribution is 6.20. The minimum absolute atomic E-state index is 0.615. The quantitative estimate of drug-likeness (QED) is 0.145. The van der Waals surface area contributed by atoms with Crippen molar-refractivity contribution in [1.82, 2.24) is 0 Å². The summed E-state index contributed by atoms with van der Waals surface area (Å²) in [4.78, 5) is 2.53. The van der Waals surface area contributed by atoms with Gasteiger partial charge in [-0.15, -0.1) is 0 Å². The standard InChI is InChI=1S/C82H56N2/c1-7-27-56(28-8-1)57-51-53-58(54-52-57)78-66-41-23-39-64(68-43-25-47-74-79(68)83-76-49-21-19-45-72(76)81(74,59-29-9-2-10-30-59)60-31-11-3-12-32-60)70(66)55-71-65(40-24-42-67(71)78)69-44-26-48-75-80(69)84(63-37-17-6-18-38-63)77-50-22-20-46-73(77)82(75,61-33-13-4-14-34-61)62-35-15-5-16-36-62/h1-55,83H. The molecule has 0 saturated carbocycles. The fourth-order valence-corrected chi connectivity index (χ4v) is 14.6. The van der Waals surface area contributed by atoms with Gasteiger partial charge in [0.05, 0.1) is 27.9 Å². The van der Waals surface area contributed by atoms with Crippen LogP contribution in [0.1, 0.15) is 44.5 Å². The molecule has 2 heterocycles. The van der Waals surface area contributed by atoms with Crippen LogP contribution < -0.4 is 10.2 Å². The fraction of sp³-hybridized carbons (Fsp3) is 0.0244. The number of nitrogens with zero attached hydrogens (tertiary/aromatic N) is 1. The lowest BCUT2D eigenvalue weighted by Crippen LogP contribution is -2.38. The molecule has 0 amide bonds. The van der Waals surface area contributed by atoms with E-state index in [9.17, 15) is 0 Å². The van der Waals surface area contributed by atoms with Crippen molar-refractivity contribution in [3.05, 3.63) is 378 Å². The summed E-state index contributed by atoms with van der Waals surface area (Å²) in [7, 11) is 0. The van der Waals surface area contributed by atoms with Crippen LogP contribution in [0.2, 0.25) is 0 Å². The smallest absolute Gasteiger partial charge is 0.0742 e. The minimum Gasteiger partial charge on any atom is -0.354 e. The van der Waals surface area contributed by atoms with Crippen LogP contribution in [0.4, 0.5) is 28.4 Å². The molecule has 0 spiro atoms. The van der Waals surface area contributed by atoms with Crippen molar-refractivity contribution in [3.63, 3.8) is 0 Å². The number of hydrogen-bond donors (Lipinski definition) is 1. The molecule has 84 heavy (non-hydrogen) atoms. The lowest BCUT2D eigenvalue weighted by atomic mass is 9.62. The molecular weight excluding hydrogens is 1010 g/mol. The summed E-state index contributed by atoms with van der Waals surface area (Å²) in [6, 6.07) is 124. The van der Waals surface area contributed by atoms with Gasteiger partial charge in [0.15, 0.2) is 0 Å². The second kappa shape index (κ2) is 20.0. The molecule has 0 aliphatic carbocycles. The van der Waals surface area contributed by atoms with Crippen LogP contribution in [0.25, 0.3) is 66.1 Å². The van der Waals surface area contributed by atoms with E-state index in [1.165, 1.54) is 82.7 Å². The third kappa shape index (κ3) is 7.44. The number of para-hydroxylation sites is 5. The summed E-state index contributed by atoms with van der Waals surface area (Å²) < 4.78 is 0. The summed E-state index contributed by atoms with van der Waals surface area (Å²) >= 11 is 0. The molecule has 0 fully saturated rings. The van der Waals surface area contributed by atoms with Gasteiger partial charge in [0, 0.05) is 22.5 Å². The van der Waals surface area contributed by atoms with E-state index >= 15 is 0 Å². The van der Waals surface area contributed by atoms with Crippen molar-refractivity contribution in [2.75, 3.05) is 10.2 Å². The van der Waals surface area contributed by atoms with E-state index in [0.717, 1.165) is 56.3 Å². The molecular formula is C82H56N2. The van der Waals surface area contributed by atoms with Crippen LogP contribution >= 0.6 is 0 Å². The van der Waals surface area contributed by atoms with Gasteiger partial charge in [-0.1, -0.05) is 303 Å². The molecule has 2 aliphatic heterocycles. The molecule has 1 N–H and O–H groups in total. The first-order chi connectivity index (χ1) is 41.7. The third-order valence-corrected chi connectivity index (χ3v) is 18.0. The van der Waals surface area contributed by atoms with Crippen molar-refractivity contribution in [3.8, 4) is 44.5 Å². The van der Waals surface area contributed by atoms with Gasteiger partial charge in [0.1, 0.15) is 0 Å². The Bertz CT molecular complexity index is 4690. The van der Waals surface area contributed by atoms with Crippen LogP contribution in [0.3, 0.4) is 0 Å². The molecule has 0 atom stereocenters. The van der Waals surface area contributed by atoms with Gasteiger partial charge in [-0.2, -0.15) is 0 Å². The summed E-state index contributed by atoms with van der Waals surface area (Å²) in [5, 5.41) is 8.84. The highest BCUT2D eigenvalue weighted by Gasteiger charge is 2.48. The molecule has 14 aromatic rings. The van der Waals surface area contributed by atoms with Crippen LogP contribution in [0.5, 0.6) is 0 Å². The molecule has 14 aromatic carbocycles. The Kier molecular flexibility index (Phi) is 11.7. The first kappa shape index (κ1) is 49.1. The van der Waals surface area contributed by atoms with Gasteiger partial charge < -0.3 is 10.2 Å². The Morgan fingerprint density at radius 3 is 1.25 bits per heavy atom. The van der Waals surface area contributed by atoms with Gasteiger partial charge in [0.25, 0.3) is 0 Å². The summed E-state index contributed by atoms with van der Waals surface area (Å²) in [6.45, 7) is 0. The highest BCUT2D eigenvalue weighted by Crippen LogP contribution is 2.61. The monoisotopic (exact) mass is 1070 g/mol. The zero-order chi connectivity index (χ0) is 55.6. The molecule has 0 unspecified atom stereocenters. The van der Waals surface area contributed by atoms with E-state index in [0.29, 0.717) is 0 Å². The van der Waals surface area contributed by atoms with E-state index in [4.69, 9.17) is 0 Å². The number of hydrogen-bond acceptors (Lipinski definition) is 2. The first-order valence-electron chi connectivity index (χ1n) is 29.2. The molecule has 2 nitrogen and oxygen atoms in total. The Morgan fingerprint density at radius 1 is 0.262 bits per heavy atom. The lowest BCUT2D eigenvalue weighted by molar-refractivity contribution is 0.731. The molecule has 394 valence electrons. The number of benzene rings is 14. The second-order valence-electron chi connectivity index (χ2n) is 22.2. The summed E-state index contributed by atoms with van der Waals surface area (Å²) in [5.74, 6) is 0. The summed E-state index contributed by atoms with van der Waals surface area (Å²) in [5.41, 5.74) is 23.5. The maximum absolute atomic E-state index is 4.10. The van der Waals surface area contributed by atoms with E-state index in [-0.39, 0.29) is 0 Å². The SMILES string of the molecule is c1ccc(-c2ccc(-c3c4cccc(-c5cccc6c5Nc5ccccc5C6(c5ccccc5)c5ccccc5)c4cc4c(-c5cccc6c5N(c5ccccc5)c5ccccc5C6(c5ccccc5)c5ccccc5)cccc34)cc2)cc1. The van der Waals surface area contributed by atoms with E-state index < -0.39 is 10.8 Å². The Balaban J connectivity index is 1.01. The minimum atomic E-state index is -0.668. The van der Waals surface area contributed by atoms with Gasteiger partial charge in [0.2, 0.25) is 0 Å². The summed E-state index contributed by atoms with van der Waals surface area (Å²) in [6.07, 6.45) is 0. The first-order valence-corrected chi connectivity index (χ1v) is 29.2. The van der Waals surface area contributed by atoms with Crippen LogP contribution in [0.15, 0.2) is 334 Å². The van der Waals surface area contributed by atoms with Crippen molar-refractivity contribution < 1.29 is 0 Å². The molecule has 2 aliphatic rings. The number of fused-ring (bicyclic) bond motifs is 6. The van der Waals surface area contributed by atoms with Crippen molar-refractivity contribution >= 4 is 50.0 Å². The van der Waals surface area contributed by atoms with Crippen LogP contribution in [-0.4, -0.2) is 0 Å². The molecule has 0 aromatic heterocycles. The molecule has 0 bridgehead atoms. The molecule has 0 saturated heterocycles. The Labute approximate surface area is 490 Å². The highest BCUT2D eigenvalue weighted by atomic mass is 15.2. The van der Waals surface area contributed by atoms with E-state index in [2.05, 4.69) is 344 Å². The Hall–Kier alpha value is -10.8. The number of nitrogens with one attached hydrogen (secondary N) is 1. The largest absolute Gasteiger partial charge is 0.354 e. The average molecular weight is 1070 g/mol. The zero-order valence-electron chi connectivity index (χ0n) is 46.2. The fourth-order valence-electron chi connectivity index (χ4n) is 14.6. The predicted octanol–water partition coefficient (Wildman–Crippen LogP) is 21.3. The molecule has 0 radical (unpaired) electrons. The van der Waals surface area contributed by atoms with Crippen molar-refractivity contribution in [2.24, 2.45) is 0 Å². The lowest BCUT2D eigenvalue weighted by Gasteiger charge is -2.47.